The van der Waals surface area contributed by atoms with Crippen molar-refractivity contribution in [1.82, 2.24) is 0 Å². The molecule has 0 saturated carbocycles. The lowest BCUT2D eigenvalue weighted by Gasteiger charge is -2.07. The van der Waals surface area contributed by atoms with Crippen molar-refractivity contribution in [3.8, 4) is 0 Å². The number of benzene rings is 2. The first kappa shape index (κ1) is 19.1. The summed E-state index contributed by atoms with van der Waals surface area (Å²) in [5, 5.41) is 5.42. The van der Waals surface area contributed by atoms with Crippen LogP contribution in [0.5, 0.6) is 0 Å². The van der Waals surface area contributed by atoms with E-state index in [1.165, 1.54) is 18.6 Å². The monoisotopic (exact) mass is 350 g/mol. The van der Waals surface area contributed by atoms with E-state index in [4.69, 9.17) is 0 Å². The molecule has 0 unspecified atom stereocenters. The molecule has 0 bridgehead atoms. The van der Waals surface area contributed by atoms with Crippen LogP contribution in [0.15, 0.2) is 60.2 Å². The summed E-state index contributed by atoms with van der Waals surface area (Å²) in [4.78, 5) is 35.5. The molecule has 0 aliphatic carbocycles. The Morgan fingerprint density at radius 1 is 0.846 bits per heavy atom. The van der Waals surface area contributed by atoms with E-state index in [0.29, 0.717) is 22.5 Å². The maximum absolute atomic E-state index is 12.2. The smallest absolute Gasteiger partial charge is 0.251 e. The Hall–Kier alpha value is -3.21. The SMILES string of the molecule is CCc1ccc(NC(=O)/C(C)=C\C(=O)Nc2ccc(C(C)=O)cc2)cc1. The van der Waals surface area contributed by atoms with Crippen molar-refractivity contribution in [3.63, 3.8) is 0 Å². The Balaban J connectivity index is 1.96. The normalized spacial score (nSPS) is 11.0. The molecule has 5 heteroatoms. The molecule has 26 heavy (non-hydrogen) atoms. The minimum Gasteiger partial charge on any atom is -0.323 e. The van der Waals surface area contributed by atoms with Crippen LogP contribution in [-0.4, -0.2) is 17.6 Å². The van der Waals surface area contributed by atoms with Crippen LogP contribution in [0.3, 0.4) is 0 Å². The topological polar surface area (TPSA) is 75.3 Å². The highest BCUT2D eigenvalue weighted by molar-refractivity contribution is 6.10. The van der Waals surface area contributed by atoms with Gasteiger partial charge in [-0.05, 0) is 62.2 Å². The standard InChI is InChI=1S/C21H22N2O3/c1-4-16-5-9-19(10-6-16)23-21(26)14(2)13-20(25)22-18-11-7-17(8-12-18)15(3)24/h5-13H,4H2,1-3H3,(H,22,25)(H,23,26)/b14-13-. The zero-order chi connectivity index (χ0) is 19.1. The number of hydrogen-bond donors (Lipinski definition) is 2. The van der Waals surface area contributed by atoms with Gasteiger partial charge in [-0.2, -0.15) is 0 Å². The molecule has 2 rings (SSSR count). The van der Waals surface area contributed by atoms with Crippen molar-refractivity contribution in [2.24, 2.45) is 0 Å². The summed E-state index contributed by atoms with van der Waals surface area (Å²) in [6, 6.07) is 14.1. The van der Waals surface area contributed by atoms with Crippen LogP contribution in [-0.2, 0) is 16.0 Å². The van der Waals surface area contributed by atoms with Crippen LogP contribution in [0.1, 0.15) is 36.7 Å². The number of amides is 2. The fourth-order valence-corrected chi connectivity index (χ4v) is 2.28. The maximum Gasteiger partial charge on any atom is 0.251 e. The van der Waals surface area contributed by atoms with Gasteiger partial charge in [-0.3, -0.25) is 14.4 Å². The quantitative estimate of drug-likeness (QED) is 0.611. The number of nitrogens with one attached hydrogen (secondary N) is 2. The number of rotatable bonds is 6. The lowest BCUT2D eigenvalue weighted by Crippen LogP contribution is -2.16. The van der Waals surface area contributed by atoms with E-state index in [1.807, 2.05) is 24.3 Å². The van der Waals surface area contributed by atoms with Crippen LogP contribution in [0.25, 0.3) is 0 Å². The predicted octanol–water partition coefficient (Wildman–Crippen LogP) is 3.98. The van der Waals surface area contributed by atoms with E-state index in [-0.39, 0.29) is 11.7 Å². The van der Waals surface area contributed by atoms with Crippen molar-refractivity contribution >= 4 is 29.0 Å². The van der Waals surface area contributed by atoms with Gasteiger partial charge in [-0.15, -0.1) is 0 Å². The first-order chi connectivity index (χ1) is 12.4. The molecule has 2 aromatic carbocycles. The van der Waals surface area contributed by atoms with Gasteiger partial charge in [0.2, 0.25) is 5.91 Å². The molecule has 2 aromatic rings. The van der Waals surface area contributed by atoms with Crippen LogP contribution in [0, 0.1) is 0 Å². The fourth-order valence-electron chi connectivity index (χ4n) is 2.28. The fraction of sp³-hybridized carbons (Fsp3) is 0.190. The second-order valence-corrected chi connectivity index (χ2v) is 5.95. The van der Waals surface area contributed by atoms with Crippen molar-refractivity contribution in [1.29, 1.82) is 0 Å². The van der Waals surface area contributed by atoms with E-state index in [0.717, 1.165) is 6.42 Å². The van der Waals surface area contributed by atoms with Crippen LogP contribution in [0.2, 0.25) is 0 Å². The Bertz CT molecular complexity index is 835. The van der Waals surface area contributed by atoms with E-state index >= 15 is 0 Å². The van der Waals surface area contributed by atoms with Gasteiger partial charge in [0.15, 0.2) is 5.78 Å². The summed E-state index contributed by atoms with van der Waals surface area (Å²) in [7, 11) is 0. The number of anilines is 2. The second-order valence-electron chi connectivity index (χ2n) is 5.95. The zero-order valence-electron chi connectivity index (χ0n) is 15.1. The third kappa shape index (κ3) is 5.41. The van der Waals surface area contributed by atoms with Gasteiger partial charge in [-0.1, -0.05) is 19.1 Å². The molecule has 0 radical (unpaired) electrons. The first-order valence-electron chi connectivity index (χ1n) is 8.39. The van der Waals surface area contributed by atoms with Gasteiger partial charge >= 0.3 is 0 Å². The molecule has 134 valence electrons. The molecular formula is C21H22N2O3. The number of ketones is 1. The summed E-state index contributed by atoms with van der Waals surface area (Å²) >= 11 is 0. The molecule has 2 N–H and O–H groups in total. The highest BCUT2D eigenvalue weighted by Gasteiger charge is 2.08. The van der Waals surface area contributed by atoms with Crippen molar-refractivity contribution < 1.29 is 14.4 Å². The second kappa shape index (κ2) is 8.76. The average Bonchev–Trinajstić information content (AvgIpc) is 2.62. The number of aryl methyl sites for hydroxylation is 1. The lowest BCUT2D eigenvalue weighted by molar-refractivity contribution is -0.114. The van der Waals surface area contributed by atoms with Gasteiger partial charge in [0.05, 0.1) is 0 Å². The zero-order valence-corrected chi connectivity index (χ0v) is 15.1. The van der Waals surface area contributed by atoms with Gasteiger partial charge in [0.25, 0.3) is 5.91 Å². The number of Topliss-reactive ketones (excluding diaryl/α,β-unsaturated/α-hetero) is 1. The summed E-state index contributed by atoms with van der Waals surface area (Å²) in [6.45, 7) is 5.12. The van der Waals surface area contributed by atoms with Crippen LogP contribution in [0.4, 0.5) is 11.4 Å². The van der Waals surface area contributed by atoms with Crippen molar-refractivity contribution in [3.05, 3.63) is 71.3 Å². The molecule has 0 atom stereocenters. The highest BCUT2D eigenvalue weighted by Crippen LogP contribution is 2.12. The average molecular weight is 350 g/mol. The summed E-state index contributed by atoms with van der Waals surface area (Å²) in [5.41, 5.74) is 3.29. The number of carbonyl (C=O) groups excluding carboxylic acids is 3. The molecular weight excluding hydrogens is 328 g/mol. The molecule has 2 amide bonds. The minimum absolute atomic E-state index is 0.0396. The third-order valence-corrected chi connectivity index (χ3v) is 3.88. The molecule has 0 heterocycles. The molecule has 0 saturated heterocycles. The van der Waals surface area contributed by atoms with E-state index in [1.54, 1.807) is 31.2 Å². The van der Waals surface area contributed by atoms with Crippen molar-refractivity contribution in [2.45, 2.75) is 27.2 Å². The highest BCUT2D eigenvalue weighted by atomic mass is 16.2. The van der Waals surface area contributed by atoms with Gasteiger partial charge in [-0.25, -0.2) is 0 Å². The molecule has 0 aromatic heterocycles. The van der Waals surface area contributed by atoms with Crippen molar-refractivity contribution in [2.75, 3.05) is 10.6 Å². The predicted molar refractivity (Wildman–Crippen MR) is 103 cm³/mol. The summed E-state index contributed by atoms with van der Waals surface area (Å²) in [5.74, 6) is -0.784. The Kier molecular flexibility index (Phi) is 6.44. The molecule has 0 aliphatic rings. The number of carbonyl (C=O) groups is 3. The Morgan fingerprint density at radius 3 is 1.92 bits per heavy atom. The van der Waals surface area contributed by atoms with E-state index in [2.05, 4.69) is 17.6 Å². The van der Waals surface area contributed by atoms with E-state index < -0.39 is 5.91 Å². The van der Waals surface area contributed by atoms with Crippen LogP contribution < -0.4 is 10.6 Å². The lowest BCUT2D eigenvalue weighted by atomic mass is 10.1. The van der Waals surface area contributed by atoms with Gasteiger partial charge in [0.1, 0.15) is 0 Å². The summed E-state index contributed by atoms with van der Waals surface area (Å²) in [6.07, 6.45) is 2.18. The Morgan fingerprint density at radius 2 is 1.38 bits per heavy atom. The molecule has 0 fully saturated rings. The Labute approximate surface area is 153 Å². The molecule has 0 aliphatic heterocycles. The summed E-state index contributed by atoms with van der Waals surface area (Å²) < 4.78 is 0. The van der Waals surface area contributed by atoms with Crippen LogP contribution >= 0.6 is 0 Å². The number of hydrogen-bond acceptors (Lipinski definition) is 3. The molecule has 5 nitrogen and oxygen atoms in total. The minimum atomic E-state index is -0.408. The van der Waals surface area contributed by atoms with E-state index in [9.17, 15) is 14.4 Å². The molecule has 0 spiro atoms. The third-order valence-electron chi connectivity index (χ3n) is 3.88. The maximum atomic E-state index is 12.2. The first-order valence-corrected chi connectivity index (χ1v) is 8.39. The van der Waals surface area contributed by atoms with Gasteiger partial charge < -0.3 is 10.6 Å². The van der Waals surface area contributed by atoms with Gasteiger partial charge in [0, 0.05) is 28.6 Å². The largest absolute Gasteiger partial charge is 0.323 e.